The summed E-state index contributed by atoms with van der Waals surface area (Å²) in [5, 5.41) is 5.96. The van der Waals surface area contributed by atoms with Gasteiger partial charge in [-0.05, 0) is 67.8 Å². The molecule has 4 aromatic rings. The number of ether oxygens (including phenoxy) is 3. The quantitative estimate of drug-likeness (QED) is 0.205. The standard InChI is InChI=1S/C30H35N3O4S/c1-5-6-16-31-30(34)26-18-28(33(21(26)2)17-15-22-7-9-23(35-3)10-8-22)27-20-38-29(32-27)19-37-25-13-11-24(36-4)12-14-25/h7-14,18,20H,5-6,15-17,19H2,1-4H3,(H,31,34). The number of carbonyl (C=O) groups excluding carboxylic acids is 1. The van der Waals surface area contributed by atoms with Crippen LogP contribution >= 0.6 is 11.3 Å². The van der Waals surface area contributed by atoms with Gasteiger partial charge >= 0.3 is 0 Å². The number of aryl methyl sites for hydroxylation is 1. The largest absolute Gasteiger partial charge is 0.497 e. The van der Waals surface area contributed by atoms with E-state index in [1.165, 1.54) is 5.56 Å². The molecule has 7 nitrogen and oxygen atoms in total. The van der Waals surface area contributed by atoms with Gasteiger partial charge in [-0.15, -0.1) is 11.3 Å². The summed E-state index contributed by atoms with van der Waals surface area (Å²) in [6.07, 6.45) is 2.81. The Morgan fingerprint density at radius 3 is 2.32 bits per heavy atom. The highest BCUT2D eigenvalue weighted by atomic mass is 32.1. The molecule has 200 valence electrons. The minimum Gasteiger partial charge on any atom is -0.497 e. The Hall–Kier alpha value is -3.78. The number of benzene rings is 2. The number of nitrogens with zero attached hydrogens (tertiary/aromatic N) is 2. The zero-order chi connectivity index (χ0) is 26.9. The minimum atomic E-state index is -0.0429. The molecule has 0 radical (unpaired) electrons. The first-order chi connectivity index (χ1) is 18.5. The van der Waals surface area contributed by atoms with Gasteiger partial charge in [0.1, 0.15) is 28.9 Å². The van der Waals surface area contributed by atoms with E-state index in [9.17, 15) is 4.79 Å². The molecular weight excluding hydrogens is 498 g/mol. The summed E-state index contributed by atoms with van der Waals surface area (Å²) in [4.78, 5) is 17.9. The van der Waals surface area contributed by atoms with Gasteiger partial charge in [0.25, 0.3) is 5.91 Å². The maximum absolute atomic E-state index is 13.0. The number of amides is 1. The van der Waals surface area contributed by atoms with Crippen LogP contribution in [0.1, 0.15) is 46.4 Å². The average molecular weight is 534 g/mol. The summed E-state index contributed by atoms with van der Waals surface area (Å²) < 4.78 is 18.6. The lowest BCUT2D eigenvalue weighted by atomic mass is 10.1. The lowest BCUT2D eigenvalue weighted by Gasteiger charge is -2.12. The van der Waals surface area contributed by atoms with Gasteiger partial charge in [0.2, 0.25) is 0 Å². The van der Waals surface area contributed by atoms with E-state index in [1.54, 1.807) is 25.6 Å². The van der Waals surface area contributed by atoms with Crippen molar-refractivity contribution in [3.05, 3.63) is 81.8 Å². The van der Waals surface area contributed by atoms with Crippen molar-refractivity contribution < 1.29 is 19.0 Å². The average Bonchev–Trinajstić information content (AvgIpc) is 3.55. The van der Waals surface area contributed by atoms with E-state index < -0.39 is 0 Å². The maximum Gasteiger partial charge on any atom is 0.253 e. The van der Waals surface area contributed by atoms with Gasteiger partial charge < -0.3 is 24.1 Å². The fourth-order valence-corrected chi connectivity index (χ4v) is 4.89. The molecule has 0 atom stereocenters. The van der Waals surface area contributed by atoms with Gasteiger partial charge in [-0.2, -0.15) is 0 Å². The Morgan fingerprint density at radius 2 is 1.66 bits per heavy atom. The molecule has 0 saturated heterocycles. The van der Waals surface area contributed by atoms with Gasteiger partial charge in [0.05, 0.1) is 31.2 Å². The molecule has 4 rings (SSSR count). The van der Waals surface area contributed by atoms with Gasteiger partial charge in [-0.1, -0.05) is 25.5 Å². The number of rotatable bonds is 13. The fraction of sp³-hybridized carbons (Fsp3) is 0.333. The summed E-state index contributed by atoms with van der Waals surface area (Å²) in [7, 11) is 3.31. The summed E-state index contributed by atoms with van der Waals surface area (Å²) in [5.74, 6) is 2.34. The highest BCUT2D eigenvalue weighted by Gasteiger charge is 2.20. The zero-order valence-electron chi connectivity index (χ0n) is 22.5. The maximum atomic E-state index is 13.0. The van der Waals surface area contributed by atoms with Crippen molar-refractivity contribution in [1.82, 2.24) is 14.9 Å². The highest BCUT2D eigenvalue weighted by molar-refractivity contribution is 7.09. The molecule has 0 saturated carbocycles. The molecule has 1 N–H and O–H groups in total. The topological polar surface area (TPSA) is 74.6 Å². The van der Waals surface area contributed by atoms with E-state index in [4.69, 9.17) is 19.2 Å². The van der Waals surface area contributed by atoms with Crippen molar-refractivity contribution in [2.45, 2.75) is 46.3 Å². The Kier molecular flexibility index (Phi) is 9.43. The van der Waals surface area contributed by atoms with Crippen LogP contribution in [-0.4, -0.2) is 36.2 Å². The summed E-state index contributed by atoms with van der Waals surface area (Å²) >= 11 is 1.55. The molecule has 2 aromatic carbocycles. The number of methoxy groups -OCH3 is 2. The van der Waals surface area contributed by atoms with Crippen LogP contribution in [0.5, 0.6) is 17.2 Å². The molecule has 0 aliphatic carbocycles. The van der Waals surface area contributed by atoms with Gasteiger partial charge in [-0.3, -0.25) is 4.79 Å². The third-order valence-corrected chi connectivity index (χ3v) is 7.27. The van der Waals surface area contributed by atoms with E-state index >= 15 is 0 Å². The molecule has 2 heterocycles. The van der Waals surface area contributed by atoms with Crippen LogP contribution in [0.3, 0.4) is 0 Å². The Labute approximate surface area is 228 Å². The van der Waals surface area contributed by atoms with Crippen molar-refractivity contribution in [1.29, 1.82) is 0 Å². The molecule has 1 amide bonds. The third kappa shape index (κ3) is 6.75. The smallest absolute Gasteiger partial charge is 0.253 e. The second-order valence-corrected chi connectivity index (χ2v) is 9.92. The van der Waals surface area contributed by atoms with Crippen molar-refractivity contribution in [2.24, 2.45) is 0 Å². The SMILES string of the molecule is CCCCNC(=O)c1cc(-c2csc(COc3ccc(OC)cc3)n2)n(CCc2ccc(OC)cc2)c1C. The monoisotopic (exact) mass is 533 g/mol. The number of carbonyl (C=O) groups is 1. The third-order valence-electron chi connectivity index (χ3n) is 6.45. The normalized spacial score (nSPS) is 10.8. The number of nitrogens with one attached hydrogen (secondary N) is 1. The van der Waals surface area contributed by atoms with Crippen molar-refractivity contribution in [3.63, 3.8) is 0 Å². The summed E-state index contributed by atoms with van der Waals surface area (Å²) in [5.41, 5.74) is 4.60. The molecule has 0 aliphatic rings. The second-order valence-electron chi connectivity index (χ2n) is 8.98. The van der Waals surface area contributed by atoms with Crippen LogP contribution in [-0.2, 0) is 19.6 Å². The van der Waals surface area contributed by atoms with Crippen LogP contribution in [0.4, 0.5) is 0 Å². The van der Waals surface area contributed by atoms with Crippen LogP contribution < -0.4 is 19.5 Å². The Bertz CT molecular complexity index is 1330. The molecule has 0 spiro atoms. The molecular formula is C30H35N3O4S. The second kappa shape index (κ2) is 13.1. The Morgan fingerprint density at radius 1 is 1.00 bits per heavy atom. The van der Waals surface area contributed by atoms with Crippen molar-refractivity contribution in [2.75, 3.05) is 20.8 Å². The fourth-order valence-electron chi connectivity index (χ4n) is 4.19. The highest BCUT2D eigenvalue weighted by Crippen LogP contribution is 2.29. The first kappa shape index (κ1) is 27.3. The molecule has 0 aliphatic heterocycles. The van der Waals surface area contributed by atoms with Gasteiger partial charge in [0, 0.05) is 24.2 Å². The number of thiazole rings is 1. The van der Waals surface area contributed by atoms with E-state index in [0.717, 1.165) is 65.1 Å². The molecule has 0 fully saturated rings. The Balaban J connectivity index is 1.54. The number of aromatic nitrogens is 2. The van der Waals surface area contributed by atoms with Crippen molar-refractivity contribution in [3.8, 4) is 28.6 Å². The van der Waals surface area contributed by atoms with Gasteiger partial charge in [-0.25, -0.2) is 4.98 Å². The van der Waals surface area contributed by atoms with Crippen LogP contribution in [0.2, 0.25) is 0 Å². The van der Waals surface area contributed by atoms with E-state index in [2.05, 4.69) is 28.9 Å². The number of hydrogen-bond donors (Lipinski definition) is 1. The molecule has 0 unspecified atom stereocenters. The minimum absolute atomic E-state index is 0.0429. The van der Waals surface area contributed by atoms with Crippen LogP contribution in [0.25, 0.3) is 11.4 Å². The molecule has 8 heteroatoms. The van der Waals surface area contributed by atoms with E-state index in [-0.39, 0.29) is 5.91 Å². The van der Waals surface area contributed by atoms with Gasteiger partial charge in [0.15, 0.2) is 0 Å². The van der Waals surface area contributed by atoms with E-state index in [0.29, 0.717) is 18.7 Å². The lowest BCUT2D eigenvalue weighted by molar-refractivity contribution is 0.0952. The molecule has 2 aromatic heterocycles. The summed E-state index contributed by atoms with van der Waals surface area (Å²) in [6.45, 7) is 5.89. The van der Waals surface area contributed by atoms with Crippen LogP contribution in [0, 0.1) is 6.92 Å². The number of hydrogen-bond acceptors (Lipinski definition) is 6. The summed E-state index contributed by atoms with van der Waals surface area (Å²) in [6, 6.07) is 17.6. The molecule has 0 bridgehead atoms. The number of unbranched alkanes of at least 4 members (excludes halogenated alkanes) is 1. The first-order valence-corrected chi connectivity index (χ1v) is 13.7. The lowest BCUT2D eigenvalue weighted by Crippen LogP contribution is -2.24. The predicted molar refractivity (Wildman–Crippen MR) is 152 cm³/mol. The van der Waals surface area contributed by atoms with E-state index in [1.807, 2.05) is 54.8 Å². The first-order valence-electron chi connectivity index (χ1n) is 12.8. The zero-order valence-corrected chi connectivity index (χ0v) is 23.3. The predicted octanol–water partition coefficient (Wildman–Crippen LogP) is 6.29. The molecule has 38 heavy (non-hydrogen) atoms. The van der Waals surface area contributed by atoms with Crippen molar-refractivity contribution >= 4 is 17.2 Å². The van der Waals surface area contributed by atoms with Crippen LogP contribution in [0.15, 0.2) is 60.0 Å².